The number of aromatic nitrogens is 3. The van der Waals surface area contributed by atoms with Crippen LogP contribution in [0, 0.1) is 0 Å². The van der Waals surface area contributed by atoms with Crippen LogP contribution in [-0.4, -0.2) is 26.2 Å². The van der Waals surface area contributed by atoms with Gasteiger partial charge in [-0.05, 0) is 44.0 Å². The van der Waals surface area contributed by atoms with E-state index in [1.165, 1.54) is 25.6 Å². The van der Waals surface area contributed by atoms with Crippen LogP contribution in [0.3, 0.4) is 0 Å². The van der Waals surface area contributed by atoms with Gasteiger partial charge in [0, 0.05) is 11.1 Å². The third-order valence-corrected chi connectivity index (χ3v) is 4.19. The summed E-state index contributed by atoms with van der Waals surface area (Å²) >= 11 is 0. The van der Waals surface area contributed by atoms with E-state index < -0.39 is 0 Å². The van der Waals surface area contributed by atoms with E-state index >= 15 is 0 Å². The van der Waals surface area contributed by atoms with Gasteiger partial charge in [0.2, 0.25) is 0 Å². The minimum Gasteiger partial charge on any atom is -0.347 e. The maximum Gasteiger partial charge on any atom is 0.251 e. The first-order valence-electron chi connectivity index (χ1n) is 7.44. The van der Waals surface area contributed by atoms with Crippen LogP contribution in [-0.2, 0) is 0 Å². The van der Waals surface area contributed by atoms with Crippen LogP contribution < -0.4 is 5.32 Å². The van der Waals surface area contributed by atoms with Crippen LogP contribution in [0.15, 0.2) is 36.9 Å². The number of nitrogens with zero attached hydrogens (tertiary/aromatic N) is 3. The van der Waals surface area contributed by atoms with Crippen molar-refractivity contribution in [1.29, 1.82) is 0 Å². The molecule has 21 heavy (non-hydrogen) atoms. The topological polar surface area (TPSA) is 59.8 Å². The molecule has 0 saturated heterocycles. The summed E-state index contributed by atoms with van der Waals surface area (Å²) in [6.07, 6.45) is 8.93. The average molecular weight is 284 g/mol. The zero-order valence-electron chi connectivity index (χ0n) is 12.2. The fourth-order valence-electron chi connectivity index (χ4n) is 2.91. The molecular weight excluding hydrogens is 264 g/mol. The lowest BCUT2D eigenvalue weighted by molar-refractivity contribution is 0.0882. The molecule has 0 aliphatic heterocycles. The molecule has 1 heterocycles. The van der Waals surface area contributed by atoms with E-state index in [0.29, 0.717) is 5.56 Å². The predicted molar refractivity (Wildman–Crippen MR) is 80.3 cm³/mol. The highest BCUT2D eigenvalue weighted by Gasteiger charge is 2.28. The van der Waals surface area contributed by atoms with Crippen molar-refractivity contribution in [2.24, 2.45) is 0 Å². The zero-order chi connectivity index (χ0) is 14.7. The highest BCUT2D eigenvalue weighted by Crippen LogP contribution is 2.27. The van der Waals surface area contributed by atoms with Gasteiger partial charge in [0.25, 0.3) is 5.91 Å². The molecule has 0 atom stereocenters. The molecule has 110 valence electrons. The van der Waals surface area contributed by atoms with Gasteiger partial charge in [-0.2, -0.15) is 5.10 Å². The summed E-state index contributed by atoms with van der Waals surface area (Å²) in [4.78, 5) is 16.3. The van der Waals surface area contributed by atoms with Gasteiger partial charge in [0.15, 0.2) is 0 Å². The molecule has 0 bridgehead atoms. The molecule has 5 heteroatoms. The molecule has 2 aromatic rings. The Kier molecular flexibility index (Phi) is 3.73. The van der Waals surface area contributed by atoms with Crippen LogP contribution in [0.4, 0.5) is 0 Å². The summed E-state index contributed by atoms with van der Waals surface area (Å²) in [6, 6.07) is 7.43. The first-order valence-corrected chi connectivity index (χ1v) is 7.44. The fraction of sp³-hybridized carbons (Fsp3) is 0.438. The Morgan fingerprint density at radius 1 is 1.19 bits per heavy atom. The van der Waals surface area contributed by atoms with Gasteiger partial charge >= 0.3 is 0 Å². The van der Waals surface area contributed by atoms with Crippen molar-refractivity contribution in [3.8, 4) is 5.69 Å². The molecule has 1 aliphatic carbocycles. The van der Waals surface area contributed by atoms with E-state index in [1.54, 1.807) is 11.0 Å². The van der Waals surface area contributed by atoms with E-state index in [1.807, 2.05) is 24.3 Å². The lowest BCUT2D eigenvalue weighted by Crippen LogP contribution is -2.47. The van der Waals surface area contributed by atoms with Crippen LogP contribution >= 0.6 is 0 Å². The second kappa shape index (κ2) is 5.68. The van der Waals surface area contributed by atoms with Gasteiger partial charge in [-0.3, -0.25) is 4.79 Å². The molecule has 0 radical (unpaired) electrons. The van der Waals surface area contributed by atoms with Crippen molar-refractivity contribution in [1.82, 2.24) is 20.1 Å². The predicted octanol–water partition coefficient (Wildman–Crippen LogP) is 2.72. The molecule has 1 aliphatic rings. The number of hydrogen-bond donors (Lipinski definition) is 1. The normalized spacial score (nSPS) is 17.4. The average Bonchev–Trinajstić information content (AvgIpc) is 3.02. The summed E-state index contributed by atoms with van der Waals surface area (Å²) in [5, 5.41) is 7.26. The molecule has 1 N–H and O–H groups in total. The van der Waals surface area contributed by atoms with Gasteiger partial charge in [0.05, 0.1) is 5.69 Å². The third-order valence-electron chi connectivity index (χ3n) is 4.19. The Morgan fingerprint density at radius 3 is 2.52 bits per heavy atom. The van der Waals surface area contributed by atoms with Gasteiger partial charge in [-0.15, -0.1) is 0 Å². The smallest absolute Gasteiger partial charge is 0.251 e. The van der Waals surface area contributed by atoms with Gasteiger partial charge < -0.3 is 5.32 Å². The summed E-state index contributed by atoms with van der Waals surface area (Å²) in [6.45, 7) is 2.15. The fourth-order valence-corrected chi connectivity index (χ4v) is 2.91. The summed E-state index contributed by atoms with van der Waals surface area (Å²) < 4.78 is 1.67. The minimum atomic E-state index is -0.0556. The highest BCUT2D eigenvalue weighted by atomic mass is 16.1. The maximum absolute atomic E-state index is 12.4. The number of rotatable bonds is 3. The number of amides is 1. The molecule has 1 aromatic heterocycles. The third kappa shape index (κ3) is 3.12. The molecule has 3 rings (SSSR count). The summed E-state index contributed by atoms with van der Waals surface area (Å²) in [7, 11) is 0. The first kappa shape index (κ1) is 13.8. The van der Waals surface area contributed by atoms with Crippen LogP contribution in [0.2, 0.25) is 0 Å². The summed E-state index contributed by atoms with van der Waals surface area (Å²) in [5.41, 5.74) is 1.53. The van der Waals surface area contributed by atoms with E-state index in [4.69, 9.17) is 0 Å². The summed E-state index contributed by atoms with van der Waals surface area (Å²) in [5.74, 6) is 0.00420. The van der Waals surface area contributed by atoms with Crippen LogP contribution in [0.1, 0.15) is 49.4 Å². The Balaban J connectivity index is 1.70. The number of benzene rings is 1. The van der Waals surface area contributed by atoms with Crippen LogP contribution in [0.25, 0.3) is 5.69 Å². The minimum absolute atomic E-state index is 0.00420. The molecule has 1 fully saturated rings. The van der Waals surface area contributed by atoms with E-state index in [0.717, 1.165) is 18.5 Å². The Labute approximate surface area is 124 Å². The van der Waals surface area contributed by atoms with Gasteiger partial charge in [0.1, 0.15) is 12.7 Å². The molecule has 5 nitrogen and oxygen atoms in total. The Hall–Kier alpha value is -2.17. The van der Waals surface area contributed by atoms with Crippen molar-refractivity contribution < 1.29 is 4.79 Å². The monoisotopic (exact) mass is 284 g/mol. The molecule has 0 unspecified atom stereocenters. The molecule has 1 amide bonds. The van der Waals surface area contributed by atoms with E-state index in [2.05, 4.69) is 22.3 Å². The number of hydrogen-bond acceptors (Lipinski definition) is 3. The second-order valence-corrected chi connectivity index (χ2v) is 5.96. The quantitative estimate of drug-likeness (QED) is 0.942. The standard InChI is InChI=1S/C16H20N4O/c1-16(9-3-2-4-10-16)19-15(21)13-5-7-14(8-6-13)20-12-17-11-18-20/h5-8,11-12H,2-4,9-10H2,1H3,(H,19,21). The SMILES string of the molecule is CC1(NC(=O)c2ccc(-n3cncn3)cc2)CCCCC1. The lowest BCUT2D eigenvalue weighted by atomic mass is 9.83. The van der Waals surface area contributed by atoms with Crippen LogP contribution in [0.5, 0.6) is 0 Å². The zero-order valence-corrected chi connectivity index (χ0v) is 12.2. The Morgan fingerprint density at radius 2 is 1.90 bits per heavy atom. The molecular formula is C16H20N4O. The van der Waals surface area contributed by atoms with E-state index in [9.17, 15) is 4.79 Å². The molecule has 0 spiro atoms. The second-order valence-electron chi connectivity index (χ2n) is 5.96. The van der Waals surface area contributed by atoms with Crippen molar-refractivity contribution in [2.45, 2.75) is 44.6 Å². The molecule has 1 saturated carbocycles. The Bertz CT molecular complexity index is 598. The van der Waals surface area contributed by atoms with Crippen molar-refractivity contribution in [2.75, 3.05) is 0 Å². The largest absolute Gasteiger partial charge is 0.347 e. The number of carbonyl (C=O) groups is 1. The number of nitrogens with one attached hydrogen (secondary N) is 1. The first-order chi connectivity index (χ1) is 10.2. The van der Waals surface area contributed by atoms with Crippen molar-refractivity contribution in [3.63, 3.8) is 0 Å². The molecule has 1 aromatic carbocycles. The maximum atomic E-state index is 12.4. The van der Waals surface area contributed by atoms with Gasteiger partial charge in [-0.25, -0.2) is 9.67 Å². The number of carbonyl (C=O) groups excluding carboxylic acids is 1. The lowest BCUT2D eigenvalue weighted by Gasteiger charge is -2.34. The van der Waals surface area contributed by atoms with E-state index in [-0.39, 0.29) is 11.4 Å². The highest BCUT2D eigenvalue weighted by molar-refractivity contribution is 5.94. The van der Waals surface area contributed by atoms with Crippen molar-refractivity contribution >= 4 is 5.91 Å². The van der Waals surface area contributed by atoms with Crippen molar-refractivity contribution in [3.05, 3.63) is 42.5 Å². The van der Waals surface area contributed by atoms with Gasteiger partial charge in [-0.1, -0.05) is 19.3 Å².